The van der Waals surface area contributed by atoms with E-state index in [-0.39, 0.29) is 11.8 Å². The standard InChI is InChI=1S/C11H15NO3/c1-4-7-12-8(2)9-5-6-10(15-9)11(13)14-3/h4-6,8,12H,1,7H2,2-3H3. The maximum absolute atomic E-state index is 11.1. The van der Waals surface area contributed by atoms with Crippen LogP contribution in [0.1, 0.15) is 29.3 Å². The molecule has 0 aliphatic rings. The van der Waals surface area contributed by atoms with Gasteiger partial charge in [0.1, 0.15) is 5.76 Å². The van der Waals surface area contributed by atoms with E-state index in [1.54, 1.807) is 18.2 Å². The Labute approximate surface area is 88.9 Å². The van der Waals surface area contributed by atoms with Crippen molar-refractivity contribution in [3.05, 3.63) is 36.3 Å². The second-order valence-corrected chi connectivity index (χ2v) is 3.11. The Hall–Kier alpha value is -1.55. The van der Waals surface area contributed by atoms with Gasteiger partial charge in [0.2, 0.25) is 5.76 Å². The summed E-state index contributed by atoms with van der Waals surface area (Å²) >= 11 is 0. The number of hydrogen-bond acceptors (Lipinski definition) is 4. The molecule has 0 aliphatic carbocycles. The van der Waals surface area contributed by atoms with E-state index in [1.807, 2.05) is 6.92 Å². The van der Waals surface area contributed by atoms with Gasteiger partial charge in [-0.1, -0.05) is 6.08 Å². The molecule has 4 heteroatoms. The van der Waals surface area contributed by atoms with Gasteiger partial charge in [0.15, 0.2) is 0 Å². The minimum Gasteiger partial charge on any atom is -0.463 e. The molecule has 1 aromatic heterocycles. The zero-order chi connectivity index (χ0) is 11.3. The van der Waals surface area contributed by atoms with E-state index in [9.17, 15) is 4.79 Å². The van der Waals surface area contributed by atoms with Gasteiger partial charge >= 0.3 is 5.97 Å². The second kappa shape index (κ2) is 5.36. The van der Waals surface area contributed by atoms with Gasteiger partial charge < -0.3 is 14.5 Å². The van der Waals surface area contributed by atoms with Crippen molar-refractivity contribution in [1.29, 1.82) is 0 Å². The lowest BCUT2D eigenvalue weighted by Crippen LogP contribution is -2.17. The van der Waals surface area contributed by atoms with Crippen LogP contribution in [-0.2, 0) is 4.74 Å². The molecular weight excluding hydrogens is 194 g/mol. The first-order valence-corrected chi connectivity index (χ1v) is 4.71. The first-order chi connectivity index (χ1) is 7.19. The number of carbonyl (C=O) groups is 1. The summed E-state index contributed by atoms with van der Waals surface area (Å²) in [5.74, 6) is 0.467. The van der Waals surface area contributed by atoms with Gasteiger partial charge in [0, 0.05) is 6.54 Å². The number of rotatable bonds is 5. The van der Waals surface area contributed by atoms with Gasteiger partial charge in [-0.3, -0.25) is 0 Å². The van der Waals surface area contributed by atoms with Crippen LogP contribution < -0.4 is 5.32 Å². The van der Waals surface area contributed by atoms with Crippen LogP contribution in [0, 0.1) is 0 Å². The lowest BCUT2D eigenvalue weighted by molar-refractivity contribution is 0.0562. The molecule has 0 bridgehead atoms. The first-order valence-electron chi connectivity index (χ1n) is 4.71. The third-order valence-electron chi connectivity index (χ3n) is 2.01. The number of esters is 1. The molecule has 82 valence electrons. The predicted molar refractivity (Wildman–Crippen MR) is 56.7 cm³/mol. The van der Waals surface area contributed by atoms with Crippen molar-refractivity contribution in [2.24, 2.45) is 0 Å². The average molecular weight is 209 g/mol. The van der Waals surface area contributed by atoms with Crippen LogP contribution >= 0.6 is 0 Å². The van der Waals surface area contributed by atoms with Crippen molar-refractivity contribution in [2.75, 3.05) is 13.7 Å². The highest BCUT2D eigenvalue weighted by atomic mass is 16.5. The lowest BCUT2D eigenvalue weighted by Gasteiger charge is -2.08. The van der Waals surface area contributed by atoms with Crippen LogP contribution in [0.3, 0.4) is 0 Å². The fourth-order valence-electron chi connectivity index (χ4n) is 1.16. The third-order valence-corrected chi connectivity index (χ3v) is 2.01. The van der Waals surface area contributed by atoms with Crippen molar-refractivity contribution in [1.82, 2.24) is 5.32 Å². The molecule has 0 fully saturated rings. The smallest absolute Gasteiger partial charge is 0.373 e. The number of nitrogens with one attached hydrogen (secondary N) is 1. The minimum atomic E-state index is -0.461. The van der Waals surface area contributed by atoms with E-state index < -0.39 is 5.97 Å². The number of carbonyl (C=O) groups excluding carboxylic acids is 1. The molecule has 1 atom stereocenters. The molecule has 1 unspecified atom stereocenters. The number of methoxy groups -OCH3 is 1. The van der Waals surface area contributed by atoms with Crippen molar-refractivity contribution < 1.29 is 13.9 Å². The van der Waals surface area contributed by atoms with Gasteiger partial charge in [-0.25, -0.2) is 4.79 Å². The van der Waals surface area contributed by atoms with E-state index in [0.717, 1.165) is 0 Å². The molecule has 1 rings (SSSR count). The van der Waals surface area contributed by atoms with E-state index in [2.05, 4.69) is 16.6 Å². The van der Waals surface area contributed by atoms with Crippen LogP contribution in [0.5, 0.6) is 0 Å². The third kappa shape index (κ3) is 2.95. The Morgan fingerprint density at radius 3 is 3.07 bits per heavy atom. The summed E-state index contributed by atoms with van der Waals surface area (Å²) in [7, 11) is 1.32. The van der Waals surface area contributed by atoms with Gasteiger partial charge in [-0.2, -0.15) is 0 Å². The van der Waals surface area contributed by atoms with Gasteiger partial charge in [0.05, 0.1) is 13.2 Å². The average Bonchev–Trinajstić information content (AvgIpc) is 2.74. The highest BCUT2D eigenvalue weighted by molar-refractivity contribution is 5.86. The SMILES string of the molecule is C=CCNC(C)c1ccc(C(=O)OC)o1. The van der Waals surface area contributed by atoms with Gasteiger partial charge in [-0.05, 0) is 19.1 Å². The normalized spacial score (nSPS) is 12.1. The molecule has 0 saturated carbocycles. The molecule has 15 heavy (non-hydrogen) atoms. The molecule has 1 aromatic rings. The van der Waals surface area contributed by atoms with Crippen molar-refractivity contribution >= 4 is 5.97 Å². The summed E-state index contributed by atoms with van der Waals surface area (Å²) in [6, 6.07) is 3.40. The van der Waals surface area contributed by atoms with Crippen LogP contribution in [0.4, 0.5) is 0 Å². The highest BCUT2D eigenvalue weighted by Crippen LogP contribution is 2.16. The van der Waals surface area contributed by atoms with Crippen LogP contribution in [-0.4, -0.2) is 19.6 Å². The van der Waals surface area contributed by atoms with Crippen LogP contribution in [0.15, 0.2) is 29.2 Å². The van der Waals surface area contributed by atoms with E-state index in [0.29, 0.717) is 12.3 Å². The van der Waals surface area contributed by atoms with Gasteiger partial charge in [0.25, 0.3) is 0 Å². The largest absolute Gasteiger partial charge is 0.463 e. The van der Waals surface area contributed by atoms with E-state index in [1.165, 1.54) is 7.11 Å². The zero-order valence-electron chi connectivity index (χ0n) is 8.95. The molecule has 0 spiro atoms. The van der Waals surface area contributed by atoms with Gasteiger partial charge in [-0.15, -0.1) is 6.58 Å². The summed E-state index contributed by atoms with van der Waals surface area (Å²) in [5.41, 5.74) is 0. The Balaban J connectivity index is 2.66. The zero-order valence-corrected chi connectivity index (χ0v) is 8.95. The summed E-state index contributed by atoms with van der Waals surface area (Å²) < 4.78 is 9.87. The number of hydrogen-bond donors (Lipinski definition) is 1. The van der Waals surface area contributed by atoms with E-state index >= 15 is 0 Å². The molecular formula is C11H15NO3. The molecule has 0 aromatic carbocycles. The molecule has 4 nitrogen and oxygen atoms in total. The predicted octanol–water partition coefficient (Wildman–Crippen LogP) is 1.90. The monoisotopic (exact) mass is 209 g/mol. The first kappa shape index (κ1) is 11.5. The molecule has 1 N–H and O–H groups in total. The Bertz CT molecular complexity index is 343. The fourth-order valence-corrected chi connectivity index (χ4v) is 1.16. The summed E-state index contributed by atoms with van der Waals surface area (Å²) in [4.78, 5) is 11.1. The molecule has 0 radical (unpaired) electrons. The Kier molecular flexibility index (Phi) is 4.12. The summed E-state index contributed by atoms with van der Waals surface area (Å²) in [6.07, 6.45) is 1.76. The van der Waals surface area contributed by atoms with E-state index in [4.69, 9.17) is 4.42 Å². The molecule has 0 aliphatic heterocycles. The summed E-state index contributed by atoms with van der Waals surface area (Å²) in [5, 5.41) is 3.15. The Morgan fingerprint density at radius 2 is 2.47 bits per heavy atom. The quantitative estimate of drug-likeness (QED) is 0.594. The minimum absolute atomic E-state index is 0.0430. The Morgan fingerprint density at radius 1 is 1.73 bits per heavy atom. The lowest BCUT2D eigenvalue weighted by atomic mass is 10.2. The number of ether oxygens (including phenoxy) is 1. The van der Waals surface area contributed by atoms with Crippen molar-refractivity contribution in [2.45, 2.75) is 13.0 Å². The number of furan rings is 1. The van der Waals surface area contributed by atoms with Crippen LogP contribution in [0.2, 0.25) is 0 Å². The second-order valence-electron chi connectivity index (χ2n) is 3.11. The fraction of sp³-hybridized carbons (Fsp3) is 0.364. The van der Waals surface area contributed by atoms with Crippen molar-refractivity contribution in [3.63, 3.8) is 0 Å². The molecule has 0 amide bonds. The molecule has 0 saturated heterocycles. The van der Waals surface area contributed by atoms with Crippen LogP contribution in [0.25, 0.3) is 0 Å². The molecule has 1 heterocycles. The maximum atomic E-state index is 11.1. The highest BCUT2D eigenvalue weighted by Gasteiger charge is 2.14. The summed E-state index contributed by atoms with van der Waals surface area (Å²) in [6.45, 7) is 6.24. The van der Waals surface area contributed by atoms with Crippen molar-refractivity contribution in [3.8, 4) is 0 Å². The topological polar surface area (TPSA) is 51.5 Å². The maximum Gasteiger partial charge on any atom is 0.373 e.